The molecule has 0 amide bonds. The summed E-state index contributed by atoms with van der Waals surface area (Å²) in [6.07, 6.45) is 0.906. The van der Waals surface area contributed by atoms with Crippen molar-refractivity contribution in [3.05, 3.63) is 29.1 Å². The summed E-state index contributed by atoms with van der Waals surface area (Å²) in [5.74, 6) is -1.48. The summed E-state index contributed by atoms with van der Waals surface area (Å²) in [6, 6.07) is 2.54. The second-order valence-electron chi connectivity index (χ2n) is 4.75. The van der Waals surface area contributed by atoms with Gasteiger partial charge < -0.3 is 9.47 Å². The highest BCUT2D eigenvalue weighted by atomic mass is 32.2. The first-order valence-corrected chi connectivity index (χ1v) is 7.98. The van der Waals surface area contributed by atoms with E-state index >= 15 is 0 Å². The number of hydrogen-bond donors (Lipinski definition) is 0. The minimum Gasteiger partial charge on any atom is -0.343 e. The van der Waals surface area contributed by atoms with Gasteiger partial charge in [-0.05, 0) is 24.1 Å². The van der Waals surface area contributed by atoms with E-state index in [1.54, 1.807) is 6.92 Å². The predicted octanol–water partition coefficient (Wildman–Crippen LogP) is 1.77. The van der Waals surface area contributed by atoms with Crippen LogP contribution in [0.3, 0.4) is 0 Å². The van der Waals surface area contributed by atoms with Crippen molar-refractivity contribution in [2.24, 2.45) is 0 Å². The predicted molar refractivity (Wildman–Crippen MR) is 66.0 cm³/mol. The number of halogens is 1. The third-order valence-corrected chi connectivity index (χ3v) is 5.54. The Morgan fingerprint density at radius 2 is 2.00 bits per heavy atom. The zero-order chi connectivity index (χ0) is 13.7. The summed E-state index contributed by atoms with van der Waals surface area (Å²) in [5, 5.41) is 0. The van der Waals surface area contributed by atoms with E-state index in [1.807, 2.05) is 0 Å². The average Bonchev–Trinajstić information content (AvgIpc) is 3.00. The van der Waals surface area contributed by atoms with Crippen LogP contribution >= 0.6 is 0 Å². The lowest BCUT2D eigenvalue weighted by Gasteiger charge is -2.25. The molecule has 2 aliphatic rings. The molecule has 0 unspecified atom stereocenters. The molecule has 0 radical (unpaired) electrons. The first-order valence-electron chi connectivity index (χ1n) is 6.33. The van der Waals surface area contributed by atoms with Crippen molar-refractivity contribution < 1.29 is 22.3 Å². The lowest BCUT2D eigenvalue weighted by Crippen LogP contribution is -2.26. The normalized spacial score (nSPS) is 20.9. The van der Waals surface area contributed by atoms with Gasteiger partial charge in [-0.3, -0.25) is 0 Å². The fourth-order valence-electron chi connectivity index (χ4n) is 2.84. The Balaban J connectivity index is 2.27. The third kappa shape index (κ3) is 1.81. The summed E-state index contributed by atoms with van der Waals surface area (Å²) in [5.41, 5.74) is 0.795. The van der Waals surface area contributed by atoms with Gasteiger partial charge in [0.05, 0.1) is 23.9 Å². The van der Waals surface area contributed by atoms with Crippen LogP contribution in [0.15, 0.2) is 17.0 Å². The molecule has 1 aliphatic heterocycles. The summed E-state index contributed by atoms with van der Waals surface area (Å²) >= 11 is 0. The van der Waals surface area contributed by atoms with Crippen LogP contribution in [-0.4, -0.2) is 27.4 Å². The molecule has 6 heteroatoms. The molecule has 19 heavy (non-hydrogen) atoms. The van der Waals surface area contributed by atoms with Crippen LogP contribution in [-0.2, 0) is 31.5 Å². The smallest absolute Gasteiger partial charge is 0.196 e. The van der Waals surface area contributed by atoms with Gasteiger partial charge >= 0.3 is 0 Å². The Morgan fingerprint density at radius 3 is 2.63 bits per heavy atom. The Hall–Kier alpha value is -0.980. The van der Waals surface area contributed by atoms with Crippen LogP contribution in [0.1, 0.15) is 24.5 Å². The first kappa shape index (κ1) is 13.0. The van der Waals surface area contributed by atoms with Crippen LogP contribution in [0.25, 0.3) is 0 Å². The molecule has 0 atom stereocenters. The first-order chi connectivity index (χ1) is 9.00. The summed E-state index contributed by atoms with van der Waals surface area (Å²) in [4.78, 5) is 0.144. The maximum atomic E-state index is 13.9. The van der Waals surface area contributed by atoms with E-state index in [0.717, 1.165) is 0 Å². The molecule has 1 saturated heterocycles. The van der Waals surface area contributed by atoms with Crippen molar-refractivity contribution >= 4 is 9.84 Å². The molecule has 4 nitrogen and oxygen atoms in total. The summed E-state index contributed by atoms with van der Waals surface area (Å²) in [7, 11) is -3.43. The molecular formula is C13H15FO4S. The Kier molecular flexibility index (Phi) is 2.92. The highest BCUT2D eigenvalue weighted by molar-refractivity contribution is 7.91. The lowest BCUT2D eigenvalue weighted by atomic mass is 10.1. The fourth-order valence-corrected chi connectivity index (χ4v) is 4.01. The van der Waals surface area contributed by atoms with Crippen LogP contribution in [0.4, 0.5) is 4.39 Å². The number of ether oxygens (including phenoxy) is 2. The van der Waals surface area contributed by atoms with Crippen LogP contribution in [0.5, 0.6) is 0 Å². The lowest BCUT2D eigenvalue weighted by molar-refractivity contribution is -0.164. The molecule has 0 aromatic heterocycles. The molecule has 1 aromatic carbocycles. The molecule has 1 aromatic rings. The van der Waals surface area contributed by atoms with Gasteiger partial charge in [-0.25, -0.2) is 12.8 Å². The number of hydrogen-bond acceptors (Lipinski definition) is 4. The minimum atomic E-state index is -3.43. The molecule has 104 valence electrons. The standard InChI is InChI=1S/C13H15FO4S/c1-2-19(15,16)11-4-3-10(14)9-5-6-13(12(9)11)17-7-8-18-13/h3-4H,2,5-8H2,1H3. The van der Waals surface area contributed by atoms with Crippen LogP contribution < -0.4 is 0 Å². The zero-order valence-electron chi connectivity index (χ0n) is 10.6. The fraction of sp³-hybridized carbons (Fsp3) is 0.538. The second-order valence-corrected chi connectivity index (χ2v) is 7.00. The van der Waals surface area contributed by atoms with E-state index in [-0.39, 0.29) is 16.5 Å². The maximum absolute atomic E-state index is 13.9. The average molecular weight is 286 g/mol. The van der Waals surface area contributed by atoms with E-state index in [0.29, 0.717) is 37.2 Å². The monoisotopic (exact) mass is 286 g/mol. The van der Waals surface area contributed by atoms with Crippen LogP contribution in [0.2, 0.25) is 0 Å². The van der Waals surface area contributed by atoms with Crippen LogP contribution in [0, 0.1) is 5.82 Å². The zero-order valence-corrected chi connectivity index (χ0v) is 11.4. The Labute approximate surface area is 111 Å². The van der Waals surface area contributed by atoms with Gasteiger partial charge in [-0.1, -0.05) is 6.92 Å². The molecule has 1 aliphatic carbocycles. The van der Waals surface area contributed by atoms with E-state index in [1.165, 1.54) is 12.1 Å². The third-order valence-electron chi connectivity index (χ3n) is 3.77. The van der Waals surface area contributed by atoms with Crippen molar-refractivity contribution in [1.82, 2.24) is 0 Å². The van der Waals surface area contributed by atoms with Gasteiger partial charge in [0.25, 0.3) is 0 Å². The van der Waals surface area contributed by atoms with Gasteiger partial charge in [0.15, 0.2) is 15.6 Å². The van der Waals surface area contributed by atoms with Crippen molar-refractivity contribution in [3.63, 3.8) is 0 Å². The molecular weight excluding hydrogens is 271 g/mol. The number of rotatable bonds is 2. The SMILES string of the molecule is CCS(=O)(=O)c1ccc(F)c2c1C1(CC2)OCCO1. The molecule has 1 heterocycles. The van der Waals surface area contributed by atoms with Crippen molar-refractivity contribution in [2.45, 2.75) is 30.4 Å². The van der Waals surface area contributed by atoms with Gasteiger partial charge in [0.1, 0.15) is 5.82 Å². The Bertz CT molecular complexity index is 618. The van der Waals surface area contributed by atoms with E-state index in [4.69, 9.17) is 9.47 Å². The molecule has 0 saturated carbocycles. The van der Waals surface area contributed by atoms with Crippen molar-refractivity contribution in [1.29, 1.82) is 0 Å². The van der Waals surface area contributed by atoms with E-state index in [9.17, 15) is 12.8 Å². The molecule has 0 N–H and O–H groups in total. The van der Waals surface area contributed by atoms with Gasteiger partial charge in [-0.15, -0.1) is 0 Å². The van der Waals surface area contributed by atoms with Gasteiger partial charge in [-0.2, -0.15) is 0 Å². The largest absolute Gasteiger partial charge is 0.343 e. The Morgan fingerprint density at radius 1 is 1.32 bits per heavy atom. The quantitative estimate of drug-likeness (QED) is 0.777. The summed E-state index contributed by atoms with van der Waals surface area (Å²) in [6.45, 7) is 2.38. The highest BCUT2D eigenvalue weighted by Gasteiger charge is 2.48. The van der Waals surface area contributed by atoms with Gasteiger partial charge in [0, 0.05) is 12.0 Å². The van der Waals surface area contributed by atoms with Crippen molar-refractivity contribution in [2.75, 3.05) is 19.0 Å². The van der Waals surface area contributed by atoms with E-state index in [2.05, 4.69) is 0 Å². The van der Waals surface area contributed by atoms with Crippen molar-refractivity contribution in [3.8, 4) is 0 Å². The second kappa shape index (κ2) is 4.26. The number of fused-ring (bicyclic) bond motifs is 2. The van der Waals surface area contributed by atoms with E-state index < -0.39 is 15.6 Å². The summed E-state index contributed by atoms with van der Waals surface area (Å²) < 4.78 is 49.5. The number of sulfone groups is 1. The van der Waals surface area contributed by atoms with Gasteiger partial charge in [0.2, 0.25) is 0 Å². The molecule has 1 spiro atoms. The maximum Gasteiger partial charge on any atom is 0.196 e. The minimum absolute atomic E-state index is 0.0266. The highest BCUT2D eigenvalue weighted by Crippen LogP contribution is 2.47. The topological polar surface area (TPSA) is 52.6 Å². The number of benzene rings is 1. The molecule has 0 bridgehead atoms. The molecule has 3 rings (SSSR count). The molecule has 1 fully saturated rings.